The summed E-state index contributed by atoms with van der Waals surface area (Å²) in [5, 5.41) is 5.17. The first kappa shape index (κ1) is 17.9. The second-order valence-corrected chi connectivity index (χ2v) is 7.36. The number of benzene rings is 2. The normalized spacial score (nSPS) is 13.3. The van der Waals surface area contributed by atoms with Crippen LogP contribution in [0.4, 0.5) is 26.2 Å². The van der Waals surface area contributed by atoms with Crippen molar-refractivity contribution in [2.24, 2.45) is 5.41 Å². The summed E-state index contributed by atoms with van der Waals surface area (Å²) in [5.41, 5.74) is 2.06. The molecular formula is C20H22FN3O2. The molecule has 0 unspecified atom stereocenters. The molecule has 0 atom stereocenters. The molecule has 0 saturated heterocycles. The highest BCUT2D eigenvalue weighted by molar-refractivity contribution is 6.02. The minimum absolute atomic E-state index is 0.0456. The maximum atomic E-state index is 13.6. The van der Waals surface area contributed by atoms with E-state index >= 15 is 0 Å². The van der Waals surface area contributed by atoms with E-state index in [0.29, 0.717) is 12.2 Å². The summed E-state index contributed by atoms with van der Waals surface area (Å²) >= 11 is 0. The summed E-state index contributed by atoms with van der Waals surface area (Å²) < 4.78 is 13.6. The Morgan fingerprint density at radius 1 is 1.08 bits per heavy atom. The molecule has 0 bridgehead atoms. The maximum Gasteiger partial charge on any atom is 0.323 e. The Labute approximate surface area is 152 Å². The number of carbonyl (C=O) groups is 2. The highest BCUT2D eigenvalue weighted by Gasteiger charge is 2.32. The average molecular weight is 355 g/mol. The van der Waals surface area contributed by atoms with E-state index in [1.54, 1.807) is 29.2 Å². The van der Waals surface area contributed by atoms with E-state index in [2.05, 4.69) is 10.6 Å². The smallest absolute Gasteiger partial charge is 0.311 e. The molecule has 2 aromatic rings. The van der Waals surface area contributed by atoms with Crippen molar-refractivity contribution in [1.29, 1.82) is 0 Å². The van der Waals surface area contributed by atoms with E-state index in [0.717, 1.165) is 17.7 Å². The lowest BCUT2D eigenvalue weighted by atomic mass is 9.94. The number of nitrogens with one attached hydrogen (secondary N) is 2. The van der Waals surface area contributed by atoms with E-state index in [9.17, 15) is 14.0 Å². The number of urea groups is 1. The third-order valence-corrected chi connectivity index (χ3v) is 4.25. The second kappa shape index (κ2) is 6.78. The Hall–Kier alpha value is -2.89. The van der Waals surface area contributed by atoms with Crippen LogP contribution in [0.3, 0.4) is 0 Å². The predicted molar refractivity (Wildman–Crippen MR) is 101 cm³/mol. The average Bonchev–Trinajstić information content (AvgIpc) is 2.98. The monoisotopic (exact) mass is 355 g/mol. The number of carbonyl (C=O) groups excluding carboxylic acids is 2. The fraction of sp³-hybridized carbons (Fsp3) is 0.300. The van der Waals surface area contributed by atoms with Crippen molar-refractivity contribution in [3.05, 3.63) is 53.8 Å². The van der Waals surface area contributed by atoms with Gasteiger partial charge in [0.15, 0.2) is 0 Å². The molecule has 0 fully saturated rings. The minimum atomic E-state index is -0.540. The highest BCUT2D eigenvalue weighted by Crippen LogP contribution is 2.34. The van der Waals surface area contributed by atoms with Crippen LogP contribution in [0.2, 0.25) is 0 Å². The zero-order chi connectivity index (χ0) is 18.9. The molecule has 5 nitrogen and oxygen atoms in total. The number of hydrogen-bond donors (Lipinski definition) is 2. The Morgan fingerprint density at radius 2 is 1.81 bits per heavy atom. The van der Waals surface area contributed by atoms with Gasteiger partial charge in [0.1, 0.15) is 5.82 Å². The molecule has 1 aliphatic heterocycles. The Bertz CT molecular complexity index is 858. The highest BCUT2D eigenvalue weighted by atomic mass is 19.1. The Morgan fingerprint density at radius 3 is 2.50 bits per heavy atom. The molecule has 1 heterocycles. The number of anilines is 3. The van der Waals surface area contributed by atoms with Gasteiger partial charge in [-0.25, -0.2) is 9.18 Å². The summed E-state index contributed by atoms with van der Waals surface area (Å²) in [5.74, 6) is -0.456. The summed E-state index contributed by atoms with van der Waals surface area (Å²) in [6.07, 6.45) is 0.791. The summed E-state index contributed by atoms with van der Waals surface area (Å²) in [6, 6.07) is 10.9. The number of halogens is 1. The van der Waals surface area contributed by atoms with Gasteiger partial charge in [0.05, 0.1) is 5.69 Å². The molecule has 2 N–H and O–H groups in total. The fourth-order valence-corrected chi connectivity index (χ4v) is 2.92. The van der Waals surface area contributed by atoms with Gasteiger partial charge in [0.25, 0.3) is 0 Å². The molecule has 26 heavy (non-hydrogen) atoms. The molecule has 6 heteroatoms. The molecule has 3 amide bonds. The predicted octanol–water partition coefficient (Wildman–Crippen LogP) is 4.40. The van der Waals surface area contributed by atoms with Crippen LogP contribution >= 0.6 is 0 Å². The molecule has 3 rings (SSSR count). The molecule has 0 saturated carbocycles. The lowest BCUT2D eigenvalue weighted by Gasteiger charge is -2.26. The van der Waals surface area contributed by atoms with Crippen molar-refractivity contribution in [3.8, 4) is 0 Å². The first-order chi connectivity index (χ1) is 12.3. The van der Waals surface area contributed by atoms with Gasteiger partial charge in [-0.05, 0) is 36.2 Å². The quantitative estimate of drug-likeness (QED) is 0.838. The zero-order valence-corrected chi connectivity index (χ0v) is 15.1. The standard InChI is InChI=1S/C20H22FN3O2/c1-20(2,3)18(25)24-11-10-13-8-9-14(12-17(13)24)22-19(26)23-16-7-5-4-6-15(16)21/h4-9,12H,10-11H2,1-3H3,(H2,22,23,26). The van der Waals surface area contributed by atoms with Gasteiger partial charge in [-0.2, -0.15) is 0 Å². The number of fused-ring (bicyclic) bond motifs is 1. The maximum absolute atomic E-state index is 13.6. The van der Waals surface area contributed by atoms with Crippen LogP contribution < -0.4 is 15.5 Å². The fourth-order valence-electron chi connectivity index (χ4n) is 2.92. The first-order valence-electron chi connectivity index (χ1n) is 8.53. The molecule has 0 aliphatic carbocycles. The van der Waals surface area contributed by atoms with E-state index < -0.39 is 17.3 Å². The van der Waals surface area contributed by atoms with E-state index in [-0.39, 0.29) is 11.6 Å². The number of para-hydroxylation sites is 1. The minimum Gasteiger partial charge on any atom is -0.311 e. The van der Waals surface area contributed by atoms with Crippen LogP contribution in [0, 0.1) is 11.2 Å². The molecule has 1 aliphatic rings. The Kier molecular flexibility index (Phi) is 4.68. The van der Waals surface area contributed by atoms with Crippen molar-refractivity contribution in [2.75, 3.05) is 22.1 Å². The molecule has 136 valence electrons. The van der Waals surface area contributed by atoms with Crippen molar-refractivity contribution in [3.63, 3.8) is 0 Å². The van der Waals surface area contributed by atoms with Gasteiger partial charge in [0.2, 0.25) is 5.91 Å². The first-order valence-corrected chi connectivity index (χ1v) is 8.53. The van der Waals surface area contributed by atoms with E-state index in [4.69, 9.17) is 0 Å². The van der Waals surface area contributed by atoms with Crippen LogP contribution in [0.15, 0.2) is 42.5 Å². The van der Waals surface area contributed by atoms with Crippen molar-refractivity contribution in [1.82, 2.24) is 0 Å². The van der Waals surface area contributed by atoms with Crippen molar-refractivity contribution >= 4 is 29.0 Å². The third kappa shape index (κ3) is 3.69. The van der Waals surface area contributed by atoms with Crippen molar-refractivity contribution < 1.29 is 14.0 Å². The molecule has 0 spiro atoms. The van der Waals surface area contributed by atoms with Crippen molar-refractivity contribution in [2.45, 2.75) is 27.2 Å². The van der Waals surface area contributed by atoms with Crippen LogP contribution in [0.1, 0.15) is 26.3 Å². The third-order valence-electron chi connectivity index (χ3n) is 4.25. The number of hydrogen-bond acceptors (Lipinski definition) is 2. The summed E-state index contributed by atoms with van der Waals surface area (Å²) in [7, 11) is 0. The summed E-state index contributed by atoms with van der Waals surface area (Å²) in [6.45, 7) is 6.29. The molecule has 0 aromatic heterocycles. The van der Waals surface area contributed by atoms with Gasteiger partial charge in [-0.15, -0.1) is 0 Å². The lowest BCUT2D eigenvalue weighted by molar-refractivity contribution is -0.125. The SMILES string of the molecule is CC(C)(C)C(=O)N1CCc2ccc(NC(=O)Nc3ccccc3F)cc21. The second-order valence-electron chi connectivity index (χ2n) is 7.36. The zero-order valence-electron chi connectivity index (χ0n) is 15.1. The Balaban J connectivity index is 1.76. The van der Waals surface area contributed by atoms with Crippen LogP contribution in [-0.4, -0.2) is 18.5 Å². The van der Waals surface area contributed by atoms with Crippen LogP contribution in [-0.2, 0) is 11.2 Å². The van der Waals surface area contributed by atoms with Gasteiger partial charge in [-0.3, -0.25) is 4.79 Å². The molecule has 0 radical (unpaired) electrons. The summed E-state index contributed by atoms with van der Waals surface area (Å²) in [4.78, 5) is 26.5. The molecular weight excluding hydrogens is 333 g/mol. The van der Waals surface area contributed by atoms with Gasteiger partial charge >= 0.3 is 6.03 Å². The van der Waals surface area contributed by atoms with Gasteiger partial charge in [-0.1, -0.05) is 39.0 Å². The largest absolute Gasteiger partial charge is 0.323 e. The lowest BCUT2D eigenvalue weighted by Crippen LogP contribution is -2.38. The van der Waals surface area contributed by atoms with Crippen LogP contribution in [0.5, 0.6) is 0 Å². The van der Waals surface area contributed by atoms with E-state index in [1.165, 1.54) is 12.1 Å². The number of amides is 3. The van der Waals surface area contributed by atoms with Gasteiger partial charge < -0.3 is 15.5 Å². The topological polar surface area (TPSA) is 61.4 Å². The number of rotatable bonds is 2. The van der Waals surface area contributed by atoms with Gasteiger partial charge in [0, 0.05) is 23.3 Å². The molecule has 2 aromatic carbocycles. The van der Waals surface area contributed by atoms with E-state index in [1.807, 2.05) is 26.8 Å². The number of nitrogens with zero attached hydrogens (tertiary/aromatic N) is 1. The van der Waals surface area contributed by atoms with Crippen LogP contribution in [0.25, 0.3) is 0 Å².